The summed E-state index contributed by atoms with van der Waals surface area (Å²) < 4.78 is 2.06. The molecule has 0 aromatic carbocycles. The number of likely N-dealkylation sites (tertiary alicyclic amines) is 1. The first-order valence-electron chi connectivity index (χ1n) is 7.18. The van der Waals surface area contributed by atoms with Gasteiger partial charge in [0.05, 0.1) is 17.9 Å². The largest absolute Gasteiger partial charge is 0.382 e. The van der Waals surface area contributed by atoms with Crippen molar-refractivity contribution in [2.24, 2.45) is 5.92 Å². The first-order chi connectivity index (χ1) is 9.49. The number of hydrogen-bond donors (Lipinski definition) is 1. The van der Waals surface area contributed by atoms with Crippen molar-refractivity contribution in [1.82, 2.24) is 14.7 Å². The van der Waals surface area contributed by atoms with Crippen molar-refractivity contribution in [3.63, 3.8) is 0 Å². The molecule has 1 N–H and O–H groups in total. The number of aromatic nitrogens is 2. The van der Waals surface area contributed by atoms with Gasteiger partial charge in [0.15, 0.2) is 0 Å². The highest BCUT2D eigenvalue weighted by Crippen LogP contribution is 2.20. The number of anilines is 1. The van der Waals surface area contributed by atoms with Crippen LogP contribution in [0, 0.1) is 5.92 Å². The van der Waals surface area contributed by atoms with E-state index >= 15 is 0 Å². The summed E-state index contributed by atoms with van der Waals surface area (Å²) in [6.07, 6.45) is 4.22. The van der Waals surface area contributed by atoms with Gasteiger partial charge in [-0.3, -0.25) is 4.79 Å². The van der Waals surface area contributed by atoms with Crippen LogP contribution in [0.4, 0.5) is 5.69 Å². The van der Waals surface area contributed by atoms with Gasteiger partial charge < -0.3 is 10.2 Å². The SMILES string of the molecule is CC(C)n1ncc(NCC2CCCN(C)C2)c(Br)c1=O. The lowest BCUT2D eigenvalue weighted by Crippen LogP contribution is -2.35. The highest BCUT2D eigenvalue weighted by atomic mass is 79.9. The molecule has 1 aliphatic heterocycles. The zero-order valence-electron chi connectivity index (χ0n) is 12.4. The van der Waals surface area contributed by atoms with Crippen LogP contribution in [-0.4, -0.2) is 41.4 Å². The summed E-state index contributed by atoms with van der Waals surface area (Å²) in [4.78, 5) is 14.5. The average Bonchev–Trinajstić information content (AvgIpc) is 2.40. The van der Waals surface area contributed by atoms with Crippen LogP contribution in [-0.2, 0) is 0 Å². The van der Waals surface area contributed by atoms with Crippen LogP contribution in [0.25, 0.3) is 0 Å². The molecule has 5 nitrogen and oxygen atoms in total. The lowest BCUT2D eigenvalue weighted by Gasteiger charge is -2.30. The minimum absolute atomic E-state index is 0.0693. The van der Waals surface area contributed by atoms with E-state index in [1.54, 1.807) is 6.20 Å². The van der Waals surface area contributed by atoms with E-state index in [9.17, 15) is 4.79 Å². The molecule has 0 radical (unpaired) electrons. The summed E-state index contributed by atoms with van der Waals surface area (Å²) in [5.41, 5.74) is 0.714. The van der Waals surface area contributed by atoms with Crippen molar-refractivity contribution >= 4 is 21.6 Å². The standard InChI is InChI=1S/C14H23BrN4O/c1-10(2)19-14(20)13(15)12(8-17-19)16-7-11-5-4-6-18(3)9-11/h8,10-11,16H,4-7,9H2,1-3H3. The minimum atomic E-state index is -0.0780. The zero-order chi connectivity index (χ0) is 14.7. The quantitative estimate of drug-likeness (QED) is 0.912. The number of hydrogen-bond acceptors (Lipinski definition) is 4. The predicted molar refractivity (Wildman–Crippen MR) is 85.3 cm³/mol. The molecule has 1 saturated heterocycles. The fourth-order valence-electron chi connectivity index (χ4n) is 2.63. The van der Waals surface area contributed by atoms with Gasteiger partial charge in [-0.1, -0.05) is 0 Å². The smallest absolute Gasteiger partial charge is 0.283 e. The molecule has 0 spiro atoms. The second kappa shape index (κ2) is 6.72. The normalized spacial score (nSPS) is 20.4. The van der Waals surface area contributed by atoms with Crippen molar-refractivity contribution < 1.29 is 0 Å². The van der Waals surface area contributed by atoms with Gasteiger partial charge in [-0.15, -0.1) is 0 Å². The molecular weight excluding hydrogens is 320 g/mol. The van der Waals surface area contributed by atoms with E-state index in [-0.39, 0.29) is 11.6 Å². The minimum Gasteiger partial charge on any atom is -0.382 e. The maximum Gasteiger partial charge on any atom is 0.283 e. The molecule has 112 valence electrons. The highest BCUT2D eigenvalue weighted by Gasteiger charge is 2.18. The number of piperidine rings is 1. The second-order valence-corrected chi connectivity index (χ2v) is 6.66. The van der Waals surface area contributed by atoms with Crippen LogP contribution in [0.3, 0.4) is 0 Å². The van der Waals surface area contributed by atoms with Crippen molar-refractivity contribution in [3.05, 3.63) is 21.0 Å². The molecule has 1 aliphatic rings. The van der Waals surface area contributed by atoms with Crippen molar-refractivity contribution in [2.75, 3.05) is 32.0 Å². The van der Waals surface area contributed by atoms with E-state index in [1.807, 2.05) is 13.8 Å². The van der Waals surface area contributed by atoms with Gasteiger partial charge in [-0.25, -0.2) is 4.68 Å². The molecule has 0 amide bonds. The Bertz CT molecular complexity index is 514. The van der Waals surface area contributed by atoms with Gasteiger partial charge in [0, 0.05) is 13.1 Å². The fraction of sp³-hybridized carbons (Fsp3) is 0.714. The molecule has 0 aliphatic carbocycles. The van der Waals surface area contributed by atoms with Crippen molar-refractivity contribution in [3.8, 4) is 0 Å². The number of nitrogens with zero attached hydrogens (tertiary/aromatic N) is 3. The second-order valence-electron chi connectivity index (χ2n) is 5.87. The Kier molecular flexibility index (Phi) is 5.21. The van der Waals surface area contributed by atoms with E-state index in [4.69, 9.17) is 0 Å². The van der Waals surface area contributed by atoms with Crippen LogP contribution >= 0.6 is 15.9 Å². The molecule has 0 bridgehead atoms. The average molecular weight is 343 g/mol. The van der Waals surface area contributed by atoms with E-state index in [0.717, 1.165) is 18.8 Å². The molecule has 1 aromatic heterocycles. The van der Waals surface area contributed by atoms with Crippen LogP contribution in [0.5, 0.6) is 0 Å². The van der Waals surface area contributed by atoms with E-state index in [0.29, 0.717) is 10.4 Å². The Morgan fingerprint density at radius 1 is 1.55 bits per heavy atom. The van der Waals surface area contributed by atoms with Gasteiger partial charge in [0.1, 0.15) is 4.47 Å². The summed E-state index contributed by atoms with van der Waals surface area (Å²) >= 11 is 3.39. The molecule has 1 unspecified atom stereocenters. The Hall–Kier alpha value is -0.880. The summed E-state index contributed by atoms with van der Waals surface area (Å²) in [5, 5.41) is 7.58. The Morgan fingerprint density at radius 3 is 2.95 bits per heavy atom. The Labute approximate surface area is 128 Å². The summed E-state index contributed by atoms with van der Waals surface area (Å²) in [5.74, 6) is 0.633. The van der Waals surface area contributed by atoms with Gasteiger partial charge in [0.25, 0.3) is 5.56 Å². The first kappa shape index (κ1) is 15.5. The highest BCUT2D eigenvalue weighted by molar-refractivity contribution is 9.10. The Balaban J connectivity index is 2.03. The molecule has 1 aromatic rings. The Morgan fingerprint density at radius 2 is 2.30 bits per heavy atom. The number of halogens is 1. The van der Waals surface area contributed by atoms with Crippen LogP contribution in [0.1, 0.15) is 32.7 Å². The van der Waals surface area contributed by atoms with E-state index < -0.39 is 0 Å². The molecule has 20 heavy (non-hydrogen) atoms. The van der Waals surface area contributed by atoms with Gasteiger partial charge in [0.2, 0.25) is 0 Å². The van der Waals surface area contributed by atoms with Gasteiger partial charge >= 0.3 is 0 Å². The molecule has 6 heteroatoms. The van der Waals surface area contributed by atoms with E-state index in [2.05, 4.69) is 38.3 Å². The molecule has 2 heterocycles. The third-order valence-corrected chi connectivity index (χ3v) is 4.50. The lowest BCUT2D eigenvalue weighted by atomic mass is 9.98. The molecule has 2 rings (SSSR count). The van der Waals surface area contributed by atoms with Crippen molar-refractivity contribution in [1.29, 1.82) is 0 Å². The van der Waals surface area contributed by atoms with Gasteiger partial charge in [-0.2, -0.15) is 5.10 Å². The topological polar surface area (TPSA) is 50.2 Å². The molecular formula is C14H23BrN4O. The van der Waals surface area contributed by atoms with Crippen LogP contribution in [0.15, 0.2) is 15.5 Å². The van der Waals surface area contributed by atoms with Crippen LogP contribution in [0.2, 0.25) is 0 Å². The predicted octanol–water partition coefficient (Wildman–Crippen LogP) is 2.34. The lowest BCUT2D eigenvalue weighted by molar-refractivity contribution is 0.217. The van der Waals surface area contributed by atoms with Crippen LogP contribution < -0.4 is 10.9 Å². The maximum absolute atomic E-state index is 12.1. The molecule has 1 atom stereocenters. The number of nitrogens with one attached hydrogen (secondary N) is 1. The monoisotopic (exact) mass is 342 g/mol. The van der Waals surface area contributed by atoms with E-state index in [1.165, 1.54) is 24.1 Å². The third kappa shape index (κ3) is 3.61. The first-order valence-corrected chi connectivity index (χ1v) is 7.98. The fourth-order valence-corrected chi connectivity index (χ4v) is 3.05. The molecule has 0 saturated carbocycles. The number of rotatable bonds is 4. The summed E-state index contributed by atoms with van der Waals surface area (Å²) in [6.45, 7) is 7.08. The maximum atomic E-state index is 12.1. The summed E-state index contributed by atoms with van der Waals surface area (Å²) in [6, 6.07) is 0.0693. The third-order valence-electron chi connectivity index (χ3n) is 3.74. The van der Waals surface area contributed by atoms with Crippen molar-refractivity contribution in [2.45, 2.75) is 32.7 Å². The molecule has 1 fully saturated rings. The summed E-state index contributed by atoms with van der Waals surface area (Å²) in [7, 11) is 2.16. The van der Waals surface area contributed by atoms with Gasteiger partial charge in [-0.05, 0) is 62.1 Å². The zero-order valence-corrected chi connectivity index (χ0v) is 14.0.